The van der Waals surface area contributed by atoms with Crippen molar-refractivity contribution in [2.75, 3.05) is 19.4 Å². The fourth-order valence-electron chi connectivity index (χ4n) is 0.940. The Labute approximate surface area is 84.6 Å². The average molecular weight is 194 g/mol. The number of benzene rings is 1. The van der Waals surface area contributed by atoms with Gasteiger partial charge in [0.25, 0.3) is 0 Å². The number of rotatable bonds is 1. The first-order valence-corrected chi connectivity index (χ1v) is 4.56. The van der Waals surface area contributed by atoms with E-state index >= 15 is 0 Å². The number of para-hydroxylation sites is 1. The Hall–Kier alpha value is -1.09. The van der Waals surface area contributed by atoms with E-state index in [0.717, 1.165) is 10.8 Å². The second-order valence-electron chi connectivity index (χ2n) is 3.14. The molecule has 0 aliphatic carbocycles. The highest BCUT2D eigenvalue weighted by Gasteiger charge is 2.00. The fourth-order valence-corrected chi connectivity index (χ4v) is 1.05. The van der Waals surface area contributed by atoms with Crippen molar-refractivity contribution in [3.8, 4) is 0 Å². The van der Waals surface area contributed by atoms with E-state index in [4.69, 9.17) is 12.2 Å². The van der Waals surface area contributed by atoms with Gasteiger partial charge in [0.1, 0.15) is 0 Å². The van der Waals surface area contributed by atoms with Gasteiger partial charge in [0.15, 0.2) is 5.11 Å². The van der Waals surface area contributed by atoms with Gasteiger partial charge < -0.3 is 10.2 Å². The second-order valence-corrected chi connectivity index (χ2v) is 3.53. The van der Waals surface area contributed by atoms with Crippen LogP contribution in [0.25, 0.3) is 0 Å². The SMILES string of the molecule is Cc1ccccc1NC(=S)N(C)C. The molecule has 70 valence electrons. The molecule has 0 saturated carbocycles. The average Bonchev–Trinajstić information content (AvgIpc) is 2.08. The predicted molar refractivity (Wildman–Crippen MR) is 61.1 cm³/mol. The van der Waals surface area contributed by atoms with E-state index in [1.54, 1.807) is 0 Å². The maximum atomic E-state index is 5.13. The Kier molecular flexibility index (Phi) is 3.25. The molecule has 0 heterocycles. The Morgan fingerprint density at radius 1 is 1.31 bits per heavy atom. The monoisotopic (exact) mass is 194 g/mol. The van der Waals surface area contributed by atoms with E-state index in [1.165, 1.54) is 5.56 Å². The van der Waals surface area contributed by atoms with Gasteiger partial charge in [-0.2, -0.15) is 0 Å². The van der Waals surface area contributed by atoms with E-state index in [1.807, 2.05) is 37.2 Å². The summed E-state index contributed by atoms with van der Waals surface area (Å²) in [5.41, 5.74) is 2.27. The quantitative estimate of drug-likeness (QED) is 0.690. The smallest absolute Gasteiger partial charge is 0.172 e. The van der Waals surface area contributed by atoms with Gasteiger partial charge in [-0.1, -0.05) is 18.2 Å². The summed E-state index contributed by atoms with van der Waals surface area (Å²) in [6.07, 6.45) is 0. The van der Waals surface area contributed by atoms with Crippen LogP contribution in [0.3, 0.4) is 0 Å². The van der Waals surface area contributed by atoms with Crippen LogP contribution < -0.4 is 5.32 Å². The Bertz CT molecular complexity index is 308. The molecule has 0 aliphatic rings. The summed E-state index contributed by atoms with van der Waals surface area (Å²) < 4.78 is 0. The normalized spacial score (nSPS) is 9.46. The summed E-state index contributed by atoms with van der Waals surface area (Å²) in [6, 6.07) is 8.08. The number of hydrogen-bond donors (Lipinski definition) is 1. The van der Waals surface area contributed by atoms with Gasteiger partial charge in [-0.25, -0.2) is 0 Å². The largest absolute Gasteiger partial charge is 0.355 e. The van der Waals surface area contributed by atoms with Crippen LogP contribution in [-0.2, 0) is 0 Å². The summed E-state index contributed by atoms with van der Waals surface area (Å²) in [5.74, 6) is 0. The predicted octanol–water partition coefficient (Wildman–Crippen LogP) is 2.25. The Balaban J connectivity index is 2.75. The van der Waals surface area contributed by atoms with E-state index in [-0.39, 0.29) is 0 Å². The summed E-state index contributed by atoms with van der Waals surface area (Å²) in [6.45, 7) is 2.06. The molecule has 0 unspecified atom stereocenters. The van der Waals surface area contributed by atoms with Crippen LogP contribution in [0, 0.1) is 6.92 Å². The van der Waals surface area contributed by atoms with Crippen LogP contribution in [0.4, 0.5) is 5.69 Å². The number of nitrogens with zero attached hydrogens (tertiary/aromatic N) is 1. The van der Waals surface area contributed by atoms with Gasteiger partial charge in [0.05, 0.1) is 0 Å². The third kappa shape index (κ3) is 2.70. The van der Waals surface area contributed by atoms with Crippen LogP contribution in [0.15, 0.2) is 24.3 Å². The third-order valence-corrected chi connectivity index (χ3v) is 2.26. The standard InChI is InChI=1S/C10H14N2S/c1-8-6-4-5-7-9(8)11-10(13)12(2)3/h4-7H,1-3H3,(H,11,13). The van der Waals surface area contributed by atoms with Crippen molar-refractivity contribution in [3.63, 3.8) is 0 Å². The van der Waals surface area contributed by atoms with Gasteiger partial charge >= 0.3 is 0 Å². The number of anilines is 1. The van der Waals surface area contributed by atoms with Gasteiger partial charge in [-0.15, -0.1) is 0 Å². The first-order valence-electron chi connectivity index (χ1n) is 4.15. The first kappa shape index (κ1) is 9.99. The topological polar surface area (TPSA) is 15.3 Å². The second kappa shape index (κ2) is 4.23. The van der Waals surface area contributed by atoms with Crippen molar-refractivity contribution in [3.05, 3.63) is 29.8 Å². The molecule has 0 atom stereocenters. The maximum Gasteiger partial charge on any atom is 0.172 e. The van der Waals surface area contributed by atoms with E-state index < -0.39 is 0 Å². The third-order valence-electron chi connectivity index (χ3n) is 1.79. The molecule has 1 aromatic rings. The zero-order valence-corrected chi connectivity index (χ0v) is 8.98. The van der Waals surface area contributed by atoms with Gasteiger partial charge in [-0.05, 0) is 30.8 Å². The molecule has 0 aliphatic heterocycles. The minimum atomic E-state index is 0.731. The zero-order chi connectivity index (χ0) is 9.84. The molecule has 0 amide bonds. The lowest BCUT2D eigenvalue weighted by atomic mass is 10.2. The number of hydrogen-bond acceptors (Lipinski definition) is 1. The van der Waals surface area contributed by atoms with E-state index in [2.05, 4.69) is 18.3 Å². The van der Waals surface area contributed by atoms with Crippen molar-refractivity contribution in [1.29, 1.82) is 0 Å². The molecule has 3 heteroatoms. The summed E-state index contributed by atoms with van der Waals surface area (Å²) in [5, 5.41) is 3.90. The molecule has 2 nitrogen and oxygen atoms in total. The molecule has 13 heavy (non-hydrogen) atoms. The van der Waals surface area contributed by atoms with Gasteiger partial charge in [0, 0.05) is 19.8 Å². The van der Waals surface area contributed by atoms with Crippen LogP contribution in [-0.4, -0.2) is 24.1 Å². The van der Waals surface area contributed by atoms with Crippen molar-refractivity contribution < 1.29 is 0 Å². The number of aryl methyl sites for hydroxylation is 1. The van der Waals surface area contributed by atoms with Crippen LogP contribution in [0.2, 0.25) is 0 Å². The Morgan fingerprint density at radius 2 is 1.92 bits per heavy atom. The fraction of sp³-hybridized carbons (Fsp3) is 0.300. The van der Waals surface area contributed by atoms with Crippen LogP contribution in [0.1, 0.15) is 5.56 Å². The Morgan fingerprint density at radius 3 is 2.46 bits per heavy atom. The van der Waals surface area contributed by atoms with Crippen LogP contribution >= 0.6 is 12.2 Å². The van der Waals surface area contributed by atoms with Crippen molar-refractivity contribution in [2.45, 2.75) is 6.92 Å². The summed E-state index contributed by atoms with van der Waals surface area (Å²) in [4.78, 5) is 1.88. The van der Waals surface area contributed by atoms with Gasteiger partial charge in [-0.3, -0.25) is 0 Å². The highest BCUT2D eigenvalue weighted by molar-refractivity contribution is 7.80. The minimum absolute atomic E-state index is 0.731. The van der Waals surface area contributed by atoms with Crippen LogP contribution in [0.5, 0.6) is 0 Å². The lowest BCUT2D eigenvalue weighted by Gasteiger charge is -2.16. The lowest BCUT2D eigenvalue weighted by Crippen LogP contribution is -2.27. The van der Waals surface area contributed by atoms with E-state index in [0.29, 0.717) is 0 Å². The minimum Gasteiger partial charge on any atom is -0.355 e. The number of thiocarbonyl (C=S) groups is 1. The molecule has 1 rings (SSSR count). The molecule has 1 N–H and O–H groups in total. The molecule has 0 fully saturated rings. The molecule has 0 saturated heterocycles. The van der Waals surface area contributed by atoms with Crippen molar-refractivity contribution in [1.82, 2.24) is 4.90 Å². The summed E-state index contributed by atoms with van der Waals surface area (Å²) >= 11 is 5.13. The molecule has 0 spiro atoms. The van der Waals surface area contributed by atoms with Crippen molar-refractivity contribution >= 4 is 23.0 Å². The van der Waals surface area contributed by atoms with Crippen molar-refractivity contribution in [2.24, 2.45) is 0 Å². The highest BCUT2D eigenvalue weighted by atomic mass is 32.1. The lowest BCUT2D eigenvalue weighted by molar-refractivity contribution is 0.634. The molecular weight excluding hydrogens is 180 g/mol. The maximum absolute atomic E-state index is 5.13. The molecule has 0 radical (unpaired) electrons. The molecular formula is C10H14N2S. The number of nitrogens with one attached hydrogen (secondary N) is 1. The molecule has 1 aromatic carbocycles. The first-order chi connectivity index (χ1) is 6.11. The molecule has 0 bridgehead atoms. The zero-order valence-electron chi connectivity index (χ0n) is 8.16. The summed E-state index contributed by atoms with van der Waals surface area (Å²) in [7, 11) is 3.85. The van der Waals surface area contributed by atoms with E-state index in [9.17, 15) is 0 Å². The van der Waals surface area contributed by atoms with Gasteiger partial charge in [0.2, 0.25) is 0 Å². The molecule has 0 aromatic heterocycles. The highest BCUT2D eigenvalue weighted by Crippen LogP contribution is 2.13.